The SMILES string of the molecule is CCC(C)OCCl. The third-order valence-electron chi connectivity index (χ3n) is 0.922. The van der Waals surface area contributed by atoms with Gasteiger partial charge < -0.3 is 4.74 Å². The van der Waals surface area contributed by atoms with Crippen molar-refractivity contribution >= 4 is 11.6 Å². The minimum absolute atomic E-state index is 0.314. The molecule has 0 saturated carbocycles. The van der Waals surface area contributed by atoms with E-state index in [0.717, 1.165) is 6.42 Å². The summed E-state index contributed by atoms with van der Waals surface area (Å²) < 4.78 is 4.96. The first-order valence-corrected chi connectivity index (χ1v) is 3.02. The molecule has 1 nitrogen and oxygen atoms in total. The molecule has 0 aromatic rings. The number of hydrogen-bond donors (Lipinski definition) is 0. The van der Waals surface area contributed by atoms with E-state index in [1.165, 1.54) is 0 Å². The zero-order chi connectivity index (χ0) is 5.70. The Labute approximate surface area is 49.6 Å². The molecule has 2 heteroatoms. The molecule has 0 spiro atoms. The van der Waals surface area contributed by atoms with Gasteiger partial charge in [0.25, 0.3) is 0 Å². The Balaban J connectivity index is 2.83. The van der Waals surface area contributed by atoms with Crippen LogP contribution in [0.4, 0.5) is 0 Å². The maximum atomic E-state index is 5.25. The summed E-state index contributed by atoms with van der Waals surface area (Å²) in [5.41, 5.74) is 0. The topological polar surface area (TPSA) is 9.23 Å². The lowest BCUT2D eigenvalue weighted by Gasteiger charge is -2.04. The van der Waals surface area contributed by atoms with Gasteiger partial charge in [-0.25, -0.2) is 0 Å². The standard InChI is InChI=1S/C5H11ClO/c1-3-5(2)7-4-6/h5H,3-4H2,1-2H3. The molecule has 0 N–H and O–H groups in total. The molecule has 1 unspecified atom stereocenters. The van der Waals surface area contributed by atoms with Crippen LogP contribution < -0.4 is 0 Å². The second-order valence-corrected chi connectivity index (χ2v) is 1.71. The first-order chi connectivity index (χ1) is 3.31. The fourth-order valence-corrected chi connectivity index (χ4v) is 0.440. The fourth-order valence-electron chi connectivity index (χ4n) is 0.225. The Morgan fingerprint density at radius 1 is 1.71 bits per heavy atom. The molecule has 0 saturated heterocycles. The van der Waals surface area contributed by atoms with Crippen LogP contribution in [-0.2, 0) is 4.74 Å². The zero-order valence-electron chi connectivity index (χ0n) is 4.78. The van der Waals surface area contributed by atoms with Gasteiger partial charge >= 0.3 is 0 Å². The van der Waals surface area contributed by atoms with Crippen LogP contribution in [0, 0.1) is 0 Å². The van der Waals surface area contributed by atoms with E-state index in [1.54, 1.807) is 0 Å². The summed E-state index contributed by atoms with van der Waals surface area (Å²) in [5.74, 6) is 0. The van der Waals surface area contributed by atoms with Crippen LogP contribution in [0.2, 0.25) is 0 Å². The van der Waals surface area contributed by atoms with Crippen molar-refractivity contribution in [2.45, 2.75) is 26.4 Å². The minimum atomic E-state index is 0.314. The van der Waals surface area contributed by atoms with E-state index in [0.29, 0.717) is 12.2 Å². The minimum Gasteiger partial charge on any atom is -0.363 e. The maximum Gasteiger partial charge on any atom is 0.121 e. The molecule has 1 atom stereocenters. The first-order valence-electron chi connectivity index (χ1n) is 2.48. The molecule has 0 rings (SSSR count). The first kappa shape index (κ1) is 7.25. The van der Waals surface area contributed by atoms with E-state index in [4.69, 9.17) is 16.3 Å². The largest absolute Gasteiger partial charge is 0.363 e. The van der Waals surface area contributed by atoms with Gasteiger partial charge in [-0.05, 0) is 13.3 Å². The highest BCUT2D eigenvalue weighted by molar-refractivity contribution is 6.17. The third kappa shape index (κ3) is 4.10. The Morgan fingerprint density at radius 3 is 2.43 bits per heavy atom. The molecule has 0 heterocycles. The summed E-state index contributed by atoms with van der Waals surface area (Å²) in [6.07, 6.45) is 1.35. The van der Waals surface area contributed by atoms with Gasteiger partial charge in [0.1, 0.15) is 6.07 Å². The van der Waals surface area contributed by atoms with Gasteiger partial charge in [0.2, 0.25) is 0 Å². The van der Waals surface area contributed by atoms with Gasteiger partial charge in [-0.2, -0.15) is 0 Å². The van der Waals surface area contributed by atoms with E-state index in [-0.39, 0.29) is 0 Å². The number of rotatable bonds is 3. The lowest BCUT2D eigenvalue weighted by Crippen LogP contribution is -2.03. The molecular weight excluding hydrogens is 112 g/mol. The molecule has 0 radical (unpaired) electrons. The van der Waals surface area contributed by atoms with E-state index in [9.17, 15) is 0 Å². The lowest BCUT2D eigenvalue weighted by atomic mass is 10.3. The Morgan fingerprint density at radius 2 is 2.29 bits per heavy atom. The molecule has 7 heavy (non-hydrogen) atoms. The molecular formula is C5H11ClO. The van der Waals surface area contributed by atoms with Crippen molar-refractivity contribution in [2.24, 2.45) is 0 Å². The van der Waals surface area contributed by atoms with Gasteiger partial charge in [0.05, 0.1) is 6.10 Å². The van der Waals surface area contributed by atoms with Crippen molar-refractivity contribution in [1.82, 2.24) is 0 Å². The summed E-state index contributed by atoms with van der Waals surface area (Å²) in [4.78, 5) is 0. The summed E-state index contributed by atoms with van der Waals surface area (Å²) in [6, 6.07) is 0.314. The summed E-state index contributed by atoms with van der Waals surface area (Å²) in [5, 5.41) is 0. The van der Waals surface area contributed by atoms with Crippen molar-refractivity contribution in [3.05, 3.63) is 0 Å². The zero-order valence-corrected chi connectivity index (χ0v) is 5.53. The van der Waals surface area contributed by atoms with Crippen molar-refractivity contribution in [1.29, 1.82) is 0 Å². The second kappa shape index (κ2) is 4.41. The van der Waals surface area contributed by atoms with E-state index in [2.05, 4.69) is 6.92 Å². The van der Waals surface area contributed by atoms with Crippen molar-refractivity contribution in [3.63, 3.8) is 0 Å². The third-order valence-corrected chi connectivity index (χ3v) is 1.05. The molecule has 0 bridgehead atoms. The van der Waals surface area contributed by atoms with Gasteiger partial charge in [0, 0.05) is 0 Å². The fraction of sp³-hybridized carbons (Fsp3) is 1.00. The molecule has 0 aromatic heterocycles. The molecule has 0 aliphatic heterocycles. The van der Waals surface area contributed by atoms with Crippen molar-refractivity contribution < 1.29 is 4.74 Å². The van der Waals surface area contributed by atoms with Crippen molar-refractivity contribution in [2.75, 3.05) is 6.07 Å². The molecule has 0 amide bonds. The Bertz CT molecular complexity index is 39.1. The molecule has 0 fully saturated rings. The highest BCUT2D eigenvalue weighted by Crippen LogP contribution is 1.95. The predicted molar refractivity (Wildman–Crippen MR) is 31.6 cm³/mol. The summed E-state index contributed by atoms with van der Waals surface area (Å²) in [7, 11) is 0. The quantitative estimate of drug-likeness (QED) is 0.521. The number of halogens is 1. The average Bonchev–Trinajstić information content (AvgIpc) is 1.68. The van der Waals surface area contributed by atoms with Crippen LogP contribution in [0.25, 0.3) is 0 Å². The Kier molecular flexibility index (Phi) is 4.57. The van der Waals surface area contributed by atoms with Gasteiger partial charge in [-0.3, -0.25) is 0 Å². The monoisotopic (exact) mass is 122 g/mol. The molecule has 44 valence electrons. The van der Waals surface area contributed by atoms with Gasteiger partial charge in [-0.15, -0.1) is 0 Å². The van der Waals surface area contributed by atoms with Crippen LogP contribution >= 0.6 is 11.6 Å². The number of ether oxygens (including phenoxy) is 1. The number of alkyl halides is 1. The second-order valence-electron chi connectivity index (χ2n) is 1.49. The van der Waals surface area contributed by atoms with Crippen LogP contribution in [0.5, 0.6) is 0 Å². The average molecular weight is 123 g/mol. The van der Waals surface area contributed by atoms with Crippen LogP contribution in [0.15, 0.2) is 0 Å². The van der Waals surface area contributed by atoms with Crippen molar-refractivity contribution in [3.8, 4) is 0 Å². The summed E-state index contributed by atoms with van der Waals surface area (Å²) in [6.45, 7) is 4.07. The van der Waals surface area contributed by atoms with Crippen LogP contribution in [-0.4, -0.2) is 12.2 Å². The van der Waals surface area contributed by atoms with E-state index >= 15 is 0 Å². The van der Waals surface area contributed by atoms with Gasteiger partial charge in [0.15, 0.2) is 0 Å². The maximum absolute atomic E-state index is 5.25. The lowest BCUT2D eigenvalue weighted by molar-refractivity contribution is 0.0992. The van der Waals surface area contributed by atoms with E-state index in [1.807, 2.05) is 6.92 Å². The van der Waals surface area contributed by atoms with Crippen LogP contribution in [0.1, 0.15) is 20.3 Å². The number of hydrogen-bond acceptors (Lipinski definition) is 1. The Hall–Kier alpha value is 0.250. The molecule has 0 aromatic carbocycles. The summed E-state index contributed by atoms with van der Waals surface area (Å²) >= 11 is 5.25. The molecule has 0 aliphatic carbocycles. The van der Waals surface area contributed by atoms with E-state index < -0.39 is 0 Å². The molecule has 0 aliphatic rings. The van der Waals surface area contributed by atoms with Crippen LogP contribution in [0.3, 0.4) is 0 Å². The highest BCUT2D eigenvalue weighted by Gasteiger charge is 1.92. The predicted octanol–water partition coefficient (Wildman–Crippen LogP) is 2.00. The highest BCUT2D eigenvalue weighted by atomic mass is 35.5. The normalized spacial score (nSPS) is 14.1. The van der Waals surface area contributed by atoms with Gasteiger partial charge in [-0.1, -0.05) is 18.5 Å². The smallest absolute Gasteiger partial charge is 0.121 e.